The summed E-state index contributed by atoms with van der Waals surface area (Å²) < 4.78 is 7.47. The van der Waals surface area contributed by atoms with Crippen molar-refractivity contribution in [1.29, 1.82) is 0 Å². The van der Waals surface area contributed by atoms with Gasteiger partial charge in [0.1, 0.15) is 5.75 Å². The van der Waals surface area contributed by atoms with Gasteiger partial charge in [0.15, 0.2) is 0 Å². The number of ether oxygens (including phenoxy) is 1. The molecule has 0 aliphatic rings. The maximum Gasteiger partial charge on any atom is 0.119 e. The number of aryl methyl sites for hydroxylation is 1. The van der Waals surface area contributed by atoms with Crippen LogP contribution in [0, 0.1) is 6.92 Å². The number of aromatic nitrogens is 3. The summed E-state index contributed by atoms with van der Waals surface area (Å²) in [6.45, 7) is 3.79. The summed E-state index contributed by atoms with van der Waals surface area (Å²) in [5, 5.41) is 8.78. The van der Waals surface area contributed by atoms with Crippen LogP contribution in [0.4, 0.5) is 0 Å². The van der Waals surface area contributed by atoms with Gasteiger partial charge >= 0.3 is 0 Å². The maximum atomic E-state index is 5.80. The minimum absolute atomic E-state index is 0.424. The van der Waals surface area contributed by atoms with E-state index in [0.717, 1.165) is 30.1 Å². The lowest BCUT2D eigenvalue weighted by molar-refractivity contribution is 0.297. The molecular weight excluding hydrogens is 264 g/mol. The van der Waals surface area contributed by atoms with E-state index in [9.17, 15) is 0 Å². The summed E-state index contributed by atoms with van der Waals surface area (Å²) in [6, 6.07) is 7.34. The van der Waals surface area contributed by atoms with Crippen molar-refractivity contribution in [2.75, 3.05) is 6.61 Å². The lowest BCUT2D eigenvalue weighted by atomic mass is 10.3. The standard InChI is InChI=1S/C13H17ClN4O/c1-10-13(9-15)16-17-18(10)7-2-8-19-12-5-3-11(14)4-6-12/h3-6H,2,7-9,15H2,1H3. The third-order valence-electron chi connectivity index (χ3n) is 2.87. The van der Waals surface area contributed by atoms with Gasteiger partial charge in [-0.1, -0.05) is 16.8 Å². The predicted molar refractivity (Wildman–Crippen MR) is 74.2 cm³/mol. The van der Waals surface area contributed by atoms with Gasteiger partial charge in [-0.15, -0.1) is 5.10 Å². The normalized spacial score (nSPS) is 10.7. The summed E-state index contributed by atoms with van der Waals surface area (Å²) in [5.74, 6) is 0.822. The Morgan fingerprint density at radius 2 is 2.05 bits per heavy atom. The minimum atomic E-state index is 0.424. The van der Waals surface area contributed by atoms with Crippen LogP contribution in [-0.2, 0) is 13.1 Å². The summed E-state index contributed by atoms with van der Waals surface area (Å²) in [7, 11) is 0. The second-order valence-corrected chi connectivity index (χ2v) is 4.64. The van der Waals surface area contributed by atoms with E-state index in [-0.39, 0.29) is 0 Å². The van der Waals surface area contributed by atoms with Crippen LogP contribution in [0.5, 0.6) is 5.75 Å². The second-order valence-electron chi connectivity index (χ2n) is 4.20. The quantitative estimate of drug-likeness (QED) is 0.824. The zero-order chi connectivity index (χ0) is 13.7. The van der Waals surface area contributed by atoms with Crippen LogP contribution in [-0.4, -0.2) is 21.6 Å². The smallest absolute Gasteiger partial charge is 0.119 e. The first-order chi connectivity index (χ1) is 9.20. The first-order valence-corrected chi connectivity index (χ1v) is 6.56. The van der Waals surface area contributed by atoms with Gasteiger partial charge in [0.25, 0.3) is 0 Å². The van der Waals surface area contributed by atoms with Gasteiger partial charge in [0, 0.05) is 24.5 Å². The lowest BCUT2D eigenvalue weighted by Crippen LogP contribution is -2.08. The van der Waals surface area contributed by atoms with Crippen LogP contribution < -0.4 is 10.5 Å². The fourth-order valence-electron chi connectivity index (χ4n) is 1.73. The molecule has 0 spiro atoms. The molecule has 0 saturated carbocycles. The van der Waals surface area contributed by atoms with Gasteiger partial charge in [0.05, 0.1) is 18.0 Å². The molecule has 0 radical (unpaired) electrons. The molecule has 1 aromatic heterocycles. The van der Waals surface area contributed by atoms with E-state index in [1.54, 1.807) is 0 Å². The van der Waals surface area contributed by atoms with Crippen molar-refractivity contribution in [1.82, 2.24) is 15.0 Å². The number of nitrogens with zero attached hydrogens (tertiary/aromatic N) is 3. The molecule has 19 heavy (non-hydrogen) atoms. The van der Waals surface area contributed by atoms with E-state index in [1.165, 1.54) is 0 Å². The van der Waals surface area contributed by atoms with Crippen LogP contribution in [0.1, 0.15) is 17.8 Å². The van der Waals surface area contributed by atoms with Gasteiger partial charge in [-0.3, -0.25) is 0 Å². The fourth-order valence-corrected chi connectivity index (χ4v) is 1.86. The molecule has 1 heterocycles. The molecule has 2 rings (SSSR count). The van der Waals surface area contributed by atoms with Crippen molar-refractivity contribution < 1.29 is 4.74 Å². The first-order valence-electron chi connectivity index (χ1n) is 6.18. The molecule has 0 amide bonds. The zero-order valence-electron chi connectivity index (χ0n) is 10.8. The van der Waals surface area contributed by atoms with Crippen LogP contribution in [0.3, 0.4) is 0 Å². The Labute approximate surface area is 117 Å². The monoisotopic (exact) mass is 280 g/mol. The molecule has 0 aliphatic carbocycles. The number of hydrogen-bond donors (Lipinski definition) is 1. The molecule has 6 heteroatoms. The van der Waals surface area contributed by atoms with E-state index in [1.807, 2.05) is 35.9 Å². The maximum absolute atomic E-state index is 5.80. The molecule has 2 N–H and O–H groups in total. The lowest BCUT2D eigenvalue weighted by Gasteiger charge is -2.07. The third kappa shape index (κ3) is 3.68. The highest BCUT2D eigenvalue weighted by molar-refractivity contribution is 6.30. The summed E-state index contributed by atoms with van der Waals surface area (Å²) >= 11 is 5.80. The molecule has 1 aromatic carbocycles. The first kappa shape index (κ1) is 13.8. The van der Waals surface area contributed by atoms with Gasteiger partial charge in [-0.25, -0.2) is 4.68 Å². The highest BCUT2D eigenvalue weighted by atomic mass is 35.5. The summed E-state index contributed by atoms with van der Waals surface area (Å²) in [4.78, 5) is 0. The topological polar surface area (TPSA) is 66.0 Å². The minimum Gasteiger partial charge on any atom is -0.494 e. The van der Waals surface area contributed by atoms with Gasteiger partial charge in [0.2, 0.25) is 0 Å². The van der Waals surface area contributed by atoms with E-state index < -0.39 is 0 Å². The molecule has 2 aromatic rings. The highest BCUT2D eigenvalue weighted by Gasteiger charge is 2.05. The number of benzene rings is 1. The predicted octanol–water partition coefficient (Wildman–Crippen LogP) is 2.17. The number of rotatable bonds is 6. The van der Waals surface area contributed by atoms with Crippen molar-refractivity contribution >= 4 is 11.6 Å². The molecule has 0 aliphatic heterocycles. The second kappa shape index (κ2) is 6.54. The SMILES string of the molecule is Cc1c(CN)nnn1CCCOc1ccc(Cl)cc1. The van der Waals surface area contributed by atoms with E-state index in [2.05, 4.69) is 10.3 Å². The molecular formula is C13H17ClN4O. The Bertz CT molecular complexity index is 524. The van der Waals surface area contributed by atoms with Crippen LogP contribution in [0.2, 0.25) is 5.02 Å². The molecule has 0 atom stereocenters. The Morgan fingerprint density at radius 1 is 1.32 bits per heavy atom. The highest BCUT2D eigenvalue weighted by Crippen LogP contribution is 2.15. The molecule has 102 valence electrons. The molecule has 0 fully saturated rings. The average Bonchev–Trinajstić information content (AvgIpc) is 2.77. The van der Waals surface area contributed by atoms with Crippen molar-refractivity contribution in [2.24, 2.45) is 5.73 Å². The summed E-state index contributed by atoms with van der Waals surface area (Å²) in [5.41, 5.74) is 7.42. The van der Waals surface area contributed by atoms with Crippen molar-refractivity contribution in [2.45, 2.75) is 26.4 Å². The Hall–Kier alpha value is -1.59. The van der Waals surface area contributed by atoms with Crippen molar-refractivity contribution in [3.05, 3.63) is 40.7 Å². The Morgan fingerprint density at radius 3 is 2.68 bits per heavy atom. The van der Waals surface area contributed by atoms with Crippen LogP contribution in [0.25, 0.3) is 0 Å². The molecule has 0 unspecified atom stereocenters. The summed E-state index contributed by atoms with van der Waals surface area (Å²) in [6.07, 6.45) is 0.858. The molecule has 0 saturated heterocycles. The van der Waals surface area contributed by atoms with Crippen molar-refractivity contribution in [3.63, 3.8) is 0 Å². The van der Waals surface area contributed by atoms with Crippen molar-refractivity contribution in [3.8, 4) is 5.75 Å². The van der Waals surface area contributed by atoms with Crippen LogP contribution >= 0.6 is 11.6 Å². The number of hydrogen-bond acceptors (Lipinski definition) is 4. The Kier molecular flexibility index (Phi) is 4.76. The molecule has 0 bridgehead atoms. The van der Waals surface area contributed by atoms with Crippen LogP contribution in [0.15, 0.2) is 24.3 Å². The van der Waals surface area contributed by atoms with Gasteiger partial charge in [-0.05, 0) is 31.2 Å². The zero-order valence-corrected chi connectivity index (χ0v) is 11.6. The van der Waals surface area contributed by atoms with E-state index in [4.69, 9.17) is 22.1 Å². The van der Waals surface area contributed by atoms with Gasteiger partial charge < -0.3 is 10.5 Å². The third-order valence-corrected chi connectivity index (χ3v) is 3.12. The molecule has 5 nitrogen and oxygen atoms in total. The fraction of sp³-hybridized carbons (Fsp3) is 0.385. The average molecular weight is 281 g/mol. The van der Waals surface area contributed by atoms with E-state index in [0.29, 0.717) is 18.2 Å². The Balaban J connectivity index is 1.77. The van der Waals surface area contributed by atoms with E-state index >= 15 is 0 Å². The number of nitrogens with two attached hydrogens (primary N) is 1. The van der Waals surface area contributed by atoms with Gasteiger partial charge in [-0.2, -0.15) is 0 Å². The number of halogens is 1. The largest absolute Gasteiger partial charge is 0.494 e.